The summed E-state index contributed by atoms with van der Waals surface area (Å²) in [6.07, 6.45) is 1.91. The monoisotopic (exact) mass is 253 g/mol. The molecule has 0 spiro atoms. The molecule has 0 aliphatic heterocycles. The molecular formula is C13H23N3O2. The number of carbonyl (C=O) groups is 1. The topological polar surface area (TPSA) is 67.2 Å². The largest absolute Gasteiger partial charge is 0.361 e. The van der Waals surface area contributed by atoms with Crippen molar-refractivity contribution in [3.05, 3.63) is 17.5 Å². The minimum absolute atomic E-state index is 0.0314. The Kier molecular flexibility index (Phi) is 5.85. The summed E-state index contributed by atoms with van der Waals surface area (Å²) in [5.41, 5.74) is 0.815. The number of aryl methyl sites for hydroxylation is 1. The van der Waals surface area contributed by atoms with Crippen molar-refractivity contribution < 1.29 is 9.32 Å². The van der Waals surface area contributed by atoms with E-state index in [0.29, 0.717) is 6.54 Å². The van der Waals surface area contributed by atoms with Gasteiger partial charge in [-0.3, -0.25) is 4.79 Å². The maximum Gasteiger partial charge on any atom is 0.237 e. The zero-order chi connectivity index (χ0) is 13.5. The summed E-state index contributed by atoms with van der Waals surface area (Å²) in [5.74, 6) is 0.810. The highest BCUT2D eigenvalue weighted by molar-refractivity contribution is 5.81. The van der Waals surface area contributed by atoms with E-state index in [1.807, 2.05) is 19.9 Å². The predicted octanol–water partition coefficient (Wildman–Crippen LogP) is 1.77. The molecule has 5 heteroatoms. The van der Waals surface area contributed by atoms with Gasteiger partial charge in [-0.05, 0) is 26.7 Å². The number of carbonyl (C=O) groups excluding carboxylic acids is 1. The summed E-state index contributed by atoms with van der Waals surface area (Å²) >= 11 is 0. The van der Waals surface area contributed by atoms with Crippen molar-refractivity contribution in [2.75, 3.05) is 0 Å². The smallest absolute Gasteiger partial charge is 0.237 e. The van der Waals surface area contributed by atoms with Crippen LogP contribution in [0.2, 0.25) is 0 Å². The Morgan fingerprint density at radius 1 is 1.44 bits per heavy atom. The summed E-state index contributed by atoms with van der Waals surface area (Å²) in [5, 5.41) is 10.0. The Bertz CT molecular complexity index is 372. The van der Waals surface area contributed by atoms with Crippen molar-refractivity contribution in [3.8, 4) is 0 Å². The SMILES string of the molecule is CCC(CC)NC(=O)C(C)NCc1cc(C)on1. The minimum Gasteiger partial charge on any atom is -0.361 e. The average Bonchev–Trinajstić information content (AvgIpc) is 2.78. The molecule has 2 N–H and O–H groups in total. The highest BCUT2D eigenvalue weighted by Gasteiger charge is 2.15. The molecule has 1 amide bonds. The number of aromatic nitrogens is 1. The van der Waals surface area contributed by atoms with Gasteiger partial charge in [0, 0.05) is 18.7 Å². The Labute approximate surface area is 108 Å². The molecule has 1 rings (SSSR count). The second-order valence-corrected chi connectivity index (χ2v) is 4.55. The minimum atomic E-state index is -0.234. The van der Waals surface area contributed by atoms with Gasteiger partial charge in [0.2, 0.25) is 5.91 Å². The number of nitrogens with one attached hydrogen (secondary N) is 2. The van der Waals surface area contributed by atoms with Crippen molar-refractivity contribution in [1.29, 1.82) is 0 Å². The van der Waals surface area contributed by atoms with Crippen LogP contribution < -0.4 is 10.6 Å². The molecule has 1 heterocycles. The van der Waals surface area contributed by atoms with Crippen molar-refractivity contribution in [1.82, 2.24) is 15.8 Å². The zero-order valence-corrected chi connectivity index (χ0v) is 11.6. The third-order valence-electron chi connectivity index (χ3n) is 2.99. The lowest BCUT2D eigenvalue weighted by atomic mass is 10.1. The summed E-state index contributed by atoms with van der Waals surface area (Å²) < 4.78 is 4.97. The van der Waals surface area contributed by atoms with Crippen molar-refractivity contribution in [2.45, 2.75) is 59.2 Å². The molecule has 0 aromatic carbocycles. The van der Waals surface area contributed by atoms with Crippen LogP contribution in [0.25, 0.3) is 0 Å². The van der Waals surface area contributed by atoms with E-state index in [2.05, 4.69) is 29.6 Å². The lowest BCUT2D eigenvalue weighted by molar-refractivity contribution is -0.123. The Hall–Kier alpha value is -1.36. The van der Waals surface area contributed by atoms with Gasteiger partial charge < -0.3 is 15.2 Å². The Morgan fingerprint density at radius 2 is 2.11 bits per heavy atom. The van der Waals surface area contributed by atoms with Crippen LogP contribution in [-0.2, 0) is 11.3 Å². The van der Waals surface area contributed by atoms with Gasteiger partial charge in [-0.25, -0.2) is 0 Å². The second-order valence-electron chi connectivity index (χ2n) is 4.55. The fraction of sp³-hybridized carbons (Fsp3) is 0.692. The highest BCUT2D eigenvalue weighted by atomic mass is 16.5. The van der Waals surface area contributed by atoms with Crippen LogP contribution in [0.15, 0.2) is 10.6 Å². The molecule has 5 nitrogen and oxygen atoms in total. The molecular weight excluding hydrogens is 230 g/mol. The Balaban J connectivity index is 2.35. The molecule has 0 bridgehead atoms. The van der Waals surface area contributed by atoms with Gasteiger partial charge in [0.15, 0.2) is 0 Å². The molecule has 0 saturated carbocycles. The molecule has 18 heavy (non-hydrogen) atoms. The maximum absolute atomic E-state index is 11.9. The molecule has 0 aliphatic rings. The number of nitrogens with zero attached hydrogens (tertiary/aromatic N) is 1. The number of rotatable bonds is 7. The van der Waals surface area contributed by atoms with E-state index < -0.39 is 0 Å². The van der Waals surface area contributed by atoms with Crippen LogP contribution in [0, 0.1) is 6.92 Å². The van der Waals surface area contributed by atoms with Crippen molar-refractivity contribution >= 4 is 5.91 Å². The lowest BCUT2D eigenvalue weighted by Crippen LogP contribution is -2.45. The molecule has 0 aliphatic carbocycles. The molecule has 1 unspecified atom stereocenters. The van der Waals surface area contributed by atoms with E-state index in [4.69, 9.17) is 4.52 Å². The molecule has 1 aromatic rings. The van der Waals surface area contributed by atoms with Gasteiger partial charge in [0.1, 0.15) is 5.76 Å². The van der Waals surface area contributed by atoms with E-state index in [0.717, 1.165) is 24.3 Å². The first-order valence-electron chi connectivity index (χ1n) is 6.52. The van der Waals surface area contributed by atoms with Gasteiger partial charge in [0.25, 0.3) is 0 Å². The number of hydrogen-bond donors (Lipinski definition) is 2. The highest BCUT2D eigenvalue weighted by Crippen LogP contribution is 2.02. The van der Waals surface area contributed by atoms with E-state index in [1.54, 1.807) is 0 Å². The summed E-state index contributed by atoms with van der Waals surface area (Å²) in [4.78, 5) is 11.9. The van der Waals surface area contributed by atoms with Crippen LogP contribution in [0.5, 0.6) is 0 Å². The fourth-order valence-corrected chi connectivity index (χ4v) is 1.67. The standard InChI is InChI=1S/C13H23N3O2/c1-5-11(6-2)15-13(17)10(4)14-8-12-7-9(3)18-16-12/h7,10-11,14H,5-6,8H2,1-4H3,(H,15,17). The molecule has 102 valence electrons. The van der Waals surface area contributed by atoms with E-state index >= 15 is 0 Å². The molecule has 0 fully saturated rings. The third kappa shape index (κ3) is 4.49. The van der Waals surface area contributed by atoms with Gasteiger partial charge in [0.05, 0.1) is 11.7 Å². The van der Waals surface area contributed by atoms with Crippen molar-refractivity contribution in [3.63, 3.8) is 0 Å². The van der Waals surface area contributed by atoms with Crippen LogP contribution >= 0.6 is 0 Å². The average molecular weight is 253 g/mol. The summed E-state index contributed by atoms with van der Waals surface area (Å²) in [6.45, 7) is 8.38. The van der Waals surface area contributed by atoms with Crippen molar-refractivity contribution in [2.24, 2.45) is 0 Å². The van der Waals surface area contributed by atoms with Crippen LogP contribution in [0.1, 0.15) is 45.1 Å². The van der Waals surface area contributed by atoms with Gasteiger partial charge >= 0.3 is 0 Å². The molecule has 1 atom stereocenters. The van der Waals surface area contributed by atoms with Crippen LogP contribution in [-0.4, -0.2) is 23.1 Å². The lowest BCUT2D eigenvalue weighted by Gasteiger charge is -2.18. The van der Waals surface area contributed by atoms with Gasteiger partial charge in [-0.2, -0.15) is 0 Å². The maximum atomic E-state index is 11.9. The van der Waals surface area contributed by atoms with Crippen LogP contribution in [0.3, 0.4) is 0 Å². The van der Waals surface area contributed by atoms with Gasteiger partial charge in [-0.1, -0.05) is 19.0 Å². The van der Waals surface area contributed by atoms with Crippen LogP contribution in [0.4, 0.5) is 0 Å². The first-order chi connectivity index (χ1) is 8.56. The summed E-state index contributed by atoms with van der Waals surface area (Å²) in [7, 11) is 0. The number of amides is 1. The summed E-state index contributed by atoms with van der Waals surface area (Å²) in [6, 6.07) is 1.89. The van der Waals surface area contributed by atoms with E-state index in [9.17, 15) is 4.79 Å². The van der Waals surface area contributed by atoms with E-state index in [-0.39, 0.29) is 18.0 Å². The quantitative estimate of drug-likeness (QED) is 0.777. The molecule has 0 radical (unpaired) electrons. The molecule has 0 saturated heterocycles. The first-order valence-corrected chi connectivity index (χ1v) is 6.52. The predicted molar refractivity (Wildman–Crippen MR) is 70.1 cm³/mol. The number of hydrogen-bond acceptors (Lipinski definition) is 4. The third-order valence-corrected chi connectivity index (χ3v) is 2.99. The first kappa shape index (κ1) is 14.7. The Morgan fingerprint density at radius 3 is 2.61 bits per heavy atom. The molecule has 1 aromatic heterocycles. The second kappa shape index (κ2) is 7.16. The van der Waals surface area contributed by atoms with Gasteiger partial charge in [-0.15, -0.1) is 0 Å². The normalized spacial score (nSPS) is 12.7. The fourth-order valence-electron chi connectivity index (χ4n) is 1.67. The van der Waals surface area contributed by atoms with E-state index in [1.165, 1.54) is 0 Å². The zero-order valence-electron chi connectivity index (χ0n) is 11.6.